The van der Waals surface area contributed by atoms with Crippen molar-refractivity contribution in [3.63, 3.8) is 0 Å². The highest BCUT2D eigenvalue weighted by molar-refractivity contribution is 5.80. The highest BCUT2D eigenvalue weighted by Crippen LogP contribution is 2.28. The lowest BCUT2D eigenvalue weighted by Gasteiger charge is -2.25. The lowest BCUT2D eigenvalue weighted by Crippen LogP contribution is -2.44. The molecule has 0 aromatic carbocycles. The average molecular weight is 431 g/mol. The molecule has 2 atom stereocenters. The summed E-state index contributed by atoms with van der Waals surface area (Å²) >= 11 is 0. The van der Waals surface area contributed by atoms with Crippen molar-refractivity contribution in [2.75, 3.05) is 12.4 Å². The van der Waals surface area contributed by atoms with E-state index in [9.17, 15) is 39.9 Å². The molecule has 2 rings (SSSR count). The summed E-state index contributed by atoms with van der Waals surface area (Å²) in [5, 5.41) is 1.72. The zero-order valence-electron chi connectivity index (χ0n) is 14.3. The van der Waals surface area contributed by atoms with E-state index in [1.165, 1.54) is 0 Å². The number of ether oxygens (including phenoxy) is 2. The number of carbonyl (C=O) groups is 1. The van der Waals surface area contributed by atoms with Crippen molar-refractivity contribution < 1.29 is 49.4 Å². The fraction of sp³-hybridized carbons (Fsp3) is 0.267. The Hall–Kier alpha value is -3.19. The Morgan fingerprint density at radius 2 is 1.24 bits per heavy atom. The molecule has 2 aromatic heterocycles. The summed E-state index contributed by atoms with van der Waals surface area (Å²) in [4.78, 5) is 16.5. The minimum atomic E-state index is -2.08. The number of hydrogen-bond acceptors (Lipinski definition) is 6. The second kappa shape index (κ2) is 8.45. The van der Waals surface area contributed by atoms with Crippen LogP contribution in [0, 0.1) is 47.1 Å². The average Bonchev–Trinajstić information content (AvgIpc) is 2.67. The van der Waals surface area contributed by atoms with Crippen molar-refractivity contribution >= 4 is 11.7 Å². The predicted octanol–water partition coefficient (Wildman–Crippen LogP) is 3.01. The Labute approximate surface area is 156 Å². The molecule has 2 aromatic rings. The number of nitrogens with zero attached hydrogens (tertiary/aromatic N) is 2. The summed E-state index contributed by atoms with van der Waals surface area (Å²) in [6, 6.07) is -2.07. The number of methoxy groups -OCH3 is 1. The Bertz CT molecular complexity index is 907. The molecule has 0 spiro atoms. The first-order valence-electron chi connectivity index (χ1n) is 7.40. The standard InChI is InChI=1S/C15H9F8N3O3/c1-3(29-10-6(18)13(22)26-14(23)7(10)19)8(15(27)28-2)24-9-4(16)11(20)25-12(21)5(9)17/h3,8H,1-2H3,(H,24,25)/t3-,8+/m1/s1. The van der Waals surface area contributed by atoms with Crippen molar-refractivity contribution in [2.24, 2.45) is 0 Å². The summed E-state index contributed by atoms with van der Waals surface area (Å²) in [6.07, 6.45) is -1.86. The van der Waals surface area contributed by atoms with Gasteiger partial charge in [-0.15, -0.1) is 0 Å². The zero-order valence-corrected chi connectivity index (χ0v) is 14.3. The SMILES string of the molecule is COC(=O)[C@@H](Nc1c(F)c(F)nc(F)c1F)[C@@H](C)Oc1c(F)c(F)nc(F)c1F. The number of anilines is 1. The largest absolute Gasteiger partial charge is 0.482 e. The maximum absolute atomic E-state index is 13.8. The van der Waals surface area contributed by atoms with Crippen LogP contribution < -0.4 is 10.1 Å². The molecule has 14 heteroatoms. The van der Waals surface area contributed by atoms with Gasteiger partial charge in [0.15, 0.2) is 6.04 Å². The van der Waals surface area contributed by atoms with E-state index in [0.717, 1.165) is 14.0 Å². The number of rotatable bonds is 6. The molecular weight excluding hydrogens is 422 g/mol. The van der Waals surface area contributed by atoms with Gasteiger partial charge in [-0.3, -0.25) is 0 Å². The lowest BCUT2D eigenvalue weighted by atomic mass is 10.1. The molecule has 0 saturated heterocycles. The normalized spacial score (nSPS) is 13.0. The van der Waals surface area contributed by atoms with E-state index in [4.69, 9.17) is 0 Å². The van der Waals surface area contributed by atoms with E-state index < -0.39 is 76.6 Å². The number of esters is 1. The van der Waals surface area contributed by atoms with Crippen LogP contribution in [0.25, 0.3) is 0 Å². The zero-order chi connectivity index (χ0) is 22.0. The molecule has 0 fully saturated rings. The Kier molecular flexibility index (Phi) is 6.44. The molecule has 0 aliphatic carbocycles. The minimum absolute atomic E-state index is 0.789. The summed E-state index contributed by atoms with van der Waals surface area (Å²) in [5.74, 6) is -19.6. The van der Waals surface area contributed by atoms with Crippen molar-refractivity contribution in [3.8, 4) is 5.75 Å². The molecule has 29 heavy (non-hydrogen) atoms. The summed E-state index contributed by atoms with van der Waals surface area (Å²) in [7, 11) is 0.789. The quantitative estimate of drug-likeness (QED) is 0.431. The molecule has 0 unspecified atom stereocenters. The van der Waals surface area contributed by atoms with Gasteiger partial charge in [0.2, 0.25) is 29.0 Å². The fourth-order valence-electron chi connectivity index (χ4n) is 2.09. The van der Waals surface area contributed by atoms with Gasteiger partial charge >= 0.3 is 5.97 Å². The first-order chi connectivity index (χ1) is 13.5. The highest BCUT2D eigenvalue weighted by atomic mass is 19.2. The number of carbonyl (C=O) groups excluding carboxylic acids is 1. The van der Waals surface area contributed by atoms with Crippen LogP contribution in [0.2, 0.25) is 0 Å². The van der Waals surface area contributed by atoms with E-state index in [0.29, 0.717) is 0 Å². The molecule has 0 saturated carbocycles. The van der Waals surface area contributed by atoms with Gasteiger partial charge in [0.1, 0.15) is 11.8 Å². The van der Waals surface area contributed by atoms with E-state index >= 15 is 0 Å². The van der Waals surface area contributed by atoms with Gasteiger partial charge in [-0.1, -0.05) is 0 Å². The van der Waals surface area contributed by atoms with E-state index in [-0.39, 0.29) is 0 Å². The smallest absolute Gasteiger partial charge is 0.332 e. The monoisotopic (exact) mass is 431 g/mol. The molecule has 6 nitrogen and oxygen atoms in total. The maximum Gasteiger partial charge on any atom is 0.332 e. The van der Waals surface area contributed by atoms with Crippen molar-refractivity contribution in [1.29, 1.82) is 0 Å². The Morgan fingerprint density at radius 1 is 0.828 bits per heavy atom. The second-order valence-electron chi connectivity index (χ2n) is 5.32. The molecule has 0 radical (unpaired) electrons. The lowest BCUT2D eigenvalue weighted by molar-refractivity contribution is -0.143. The van der Waals surface area contributed by atoms with E-state index in [1.807, 2.05) is 0 Å². The van der Waals surface area contributed by atoms with Crippen LogP contribution >= 0.6 is 0 Å². The third-order valence-corrected chi connectivity index (χ3v) is 3.48. The molecular formula is C15H9F8N3O3. The molecule has 0 bridgehead atoms. The van der Waals surface area contributed by atoms with Crippen LogP contribution in [0.15, 0.2) is 0 Å². The van der Waals surface area contributed by atoms with Gasteiger partial charge in [0.25, 0.3) is 23.8 Å². The first kappa shape index (κ1) is 22.1. The minimum Gasteiger partial charge on any atom is -0.482 e. The predicted molar refractivity (Wildman–Crippen MR) is 77.7 cm³/mol. The van der Waals surface area contributed by atoms with Gasteiger partial charge in [0.05, 0.1) is 7.11 Å². The van der Waals surface area contributed by atoms with Gasteiger partial charge in [-0.05, 0) is 6.92 Å². The topological polar surface area (TPSA) is 73.3 Å². The Balaban J connectivity index is 2.44. The van der Waals surface area contributed by atoms with E-state index in [1.54, 1.807) is 5.32 Å². The van der Waals surface area contributed by atoms with Crippen LogP contribution in [0.1, 0.15) is 6.92 Å². The Morgan fingerprint density at radius 3 is 1.66 bits per heavy atom. The summed E-state index contributed by atoms with van der Waals surface area (Å²) in [6.45, 7) is 0.868. The maximum atomic E-state index is 13.8. The van der Waals surface area contributed by atoms with Crippen LogP contribution in [-0.2, 0) is 9.53 Å². The molecule has 0 aliphatic heterocycles. The van der Waals surface area contributed by atoms with Gasteiger partial charge < -0.3 is 14.8 Å². The van der Waals surface area contributed by atoms with Crippen LogP contribution in [0.3, 0.4) is 0 Å². The highest BCUT2D eigenvalue weighted by Gasteiger charge is 2.34. The molecule has 1 N–H and O–H groups in total. The molecule has 0 amide bonds. The van der Waals surface area contributed by atoms with Gasteiger partial charge in [-0.25, -0.2) is 4.79 Å². The summed E-state index contributed by atoms with van der Waals surface area (Å²) in [5.41, 5.74) is -1.52. The van der Waals surface area contributed by atoms with E-state index in [2.05, 4.69) is 19.4 Å². The second-order valence-corrected chi connectivity index (χ2v) is 5.32. The molecule has 2 heterocycles. The third kappa shape index (κ3) is 4.30. The number of hydrogen-bond donors (Lipinski definition) is 1. The molecule has 0 aliphatic rings. The van der Waals surface area contributed by atoms with Crippen molar-refractivity contribution in [2.45, 2.75) is 19.1 Å². The van der Waals surface area contributed by atoms with Gasteiger partial charge in [0, 0.05) is 0 Å². The number of pyridine rings is 2. The number of nitrogens with one attached hydrogen (secondary N) is 1. The van der Waals surface area contributed by atoms with Crippen molar-refractivity contribution in [1.82, 2.24) is 9.97 Å². The van der Waals surface area contributed by atoms with Crippen LogP contribution in [0.4, 0.5) is 40.8 Å². The summed E-state index contributed by atoms with van der Waals surface area (Å²) < 4.78 is 117. The fourth-order valence-corrected chi connectivity index (χ4v) is 2.09. The first-order valence-corrected chi connectivity index (χ1v) is 7.40. The van der Waals surface area contributed by atoms with Crippen molar-refractivity contribution in [3.05, 3.63) is 47.1 Å². The van der Waals surface area contributed by atoms with Gasteiger partial charge in [-0.2, -0.15) is 45.1 Å². The number of aromatic nitrogens is 2. The number of halogens is 8. The van der Waals surface area contributed by atoms with Crippen LogP contribution in [0.5, 0.6) is 5.75 Å². The molecule has 158 valence electrons. The third-order valence-electron chi connectivity index (χ3n) is 3.48. The van der Waals surface area contributed by atoms with Crippen LogP contribution in [-0.4, -0.2) is 35.2 Å².